The van der Waals surface area contributed by atoms with E-state index in [2.05, 4.69) is 15.9 Å². The molecule has 1 saturated heterocycles. The average Bonchev–Trinajstić information content (AvgIpc) is 2.32. The summed E-state index contributed by atoms with van der Waals surface area (Å²) >= 11 is 3.12. The number of halogens is 2. The molecular weight excluding hydrogens is 275 g/mol. The Labute approximate surface area is 103 Å². The zero-order valence-electron chi connectivity index (χ0n) is 8.83. The number of rotatable bonds is 2. The average molecular weight is 289 g/mol. The fourth-order valence-corrected chi connectivity index (χ4v) is 2.33. The molecular formula is C12H14BrFO2. The molecule has 4 heteroatoms. The third kappa shape index (κ3) is 2.44. The summed E-state index contributed by atoms with van der Waals surface area (Å²) in [5.41, 5.74) is 0.805. The first kappa shape index (κ1) is 12.0. The normalized spacial score (nSPS) is 25.7. The van der Waals surface area contributed by atoms with E-state index in [1.54, 1.807) is 6.07 Å². The molecule has 2 unspecified atom stereocenters. The largest absolute Gasteiger partial charge is 0.396 e. The molecule has 1 aliphatic rings. The van der Waals surface area contributed by atoms with Crippen LogP contribution in [-0.4, -0.2) is 18.3 Å². The van der Waals surface area contributed by atoms with E-state index in [9.17, 15) is 9.50 Å². The topological polar surface area (TPSA) is 29.5 Å². The van der Waals surface area contributed by atoms with Gasteiger partial charge in [-0.15, -0.1) is 0 Å². The van der Waals surface area contributed by atoms with Crippen LogP contribution in [0.5, 0.6) is 0 Å². The second-order valence-electron chi connectivity index (χ2n) is 4.05. The Morgan fingerprint density at radius 3 is 3.00 bits per heavy atom. The molecule has 16 heavy (non-hydrogen) atoms. The lowest BCUT2D eigenvalue weighted by Crippen LogP contribution is -2.25. The third-order valence-electron chi connectivity index (χ3n) is 2.95. The minimum atomic E-state index is -0.289. The van der Waals surface area contributed by atoms with E-state index in [0.29, 0.717) is 11.1 Å². The van der Waals surface area contributed by atoms with E-state index in [0.717, 1.165) is 18.4 Å². The van der Waals surface area contributed by atoms with Gasteiger partial charge in [-0.05, 0) is 46.5 Å². The lowest BCUT2D eigenvalue weighted by atomic mass is 9.90. The van der Waals surface area contributed by atoms with Gasteiger partial charge in [0.2, 0.25) is 0 Å². The van der Waals surface area contributed by atoms with Crippen LogP contribution in [0.15, 0.2) is 22.7 Å². The summed E-state index contributed by atoms with van der Waals surface area (Å²) in [7, 11) is 0. The molecule has 1 heterocycles. The molecule has 0 saturated carbocycles. The summed E-state index contributed by atoms with van der Waals surface area (Å²) in [6.07, 6.45) is 1.71. The van der Waals surface area contributed by atoms with Crippen molar-refractivity contribution < 1.29 is 14.2 Å². The van der Waals surface area contributed by atoms with E-state index < -0.39 is 0 Å². The van der Waals surface area contributed by atoms with Crippen molar-refractivity contribution in [2.45, 2.75) is 18.9 Å². The molecule has 0 spiro atoms. The lowest BCUT2D eigenvalue weighted by Gasteiger charge is -2.30. The van der Waals surface area contributed by atoms with Crippen molar-refractivity contribution in [2.24, 2.45) is 5.92 Å². The van der Waals surface area contributed by atoms with E-state index >= 15 is 0 Å². The maximum absolute atomic E-state index is 13.4. The van der Waals surface area contributed by atoms with Crippen LogP contribution in [0.25, 0.3) is 0 Å². The lowest BCUT2D eigenvalue weighted by molar-refractivity contribution is -0.0458. The molecule has 88 valence electrons. The van der Waals surface area contributed by atoms with Crippen LogP contribution in [0, 0.1) is 11.7 Å². The van der Waals surface area contributed by atoms with Gasteiger partial charge in [0.05, 0.1) is 10.6 Å². The molecule has 2 nitrogen and oxygen atoms in total. The predicted molar refractivity (Wildman–Crippen MR) is 62.6 cm³/mol. The van der Waals surface area contributed by atoms with Gasteiger partial charge in [-0.25, -0.2) is 4.39 Å². The fourth-order valence-electron chi connectivity index (χ4n) is 2.09. The Hall–Kier alpha value is -0.450. The number of hydrogen-bond donors (Lipinski definition) is 1. The van der Waals surface area contributed by atoms with Crippen molar-refractivity contribution in [1.29, 1.82) is 0 Å². The molecule has 2 atom stereocenters. The SMILES string of the molecule is OCC1CCCOC1c1ccc(Br)c(F)c1. The third-order valence-corrected chi connectivity index (χ3v) is 3.59. The first-order valence-electron chi connectivity index (χ1n) is 5.40. The molecule has 0 aromatic heterocycles. The molecule has 0 bridgehead atoms. The molecule has 0 radical (unpaired) electrons. The summed E-state index contributed by atoms with van der Waals surface area (Å²) in [6, 6.07) is 4.99. The van der Waals surface area contributed by atoms with Crippen molar-refractivity contribution in [3.63, 3.8) is 0 Å². The Kier molecular flexibility index (Phi) is 3.95. The zero-order chi connectivity index (χ0) is 11.5. The van der Waals surface area contributed by atoms with Crippen LogP contribution in [-0.2, 0) is 4.74 Å². The first-order chi connectivity index (χ1) is 7.72. The van der Waals surface area contributed by atoms with Gasteiger partial charge in [0, 0.05) is 19.1 Å². The highest BCUT2D eigenvalue weighted by atomic mass is 79.9. The highest BCUT2D eigenvalue weighted by Gasteiger charge is 2.27. The smallest absolute Gasteiger partial charge is 0.137 e. The second kappa shape index (κ2) is 5.25. The van der Waals surface area contributed by atoms with E-state index in [1.165, 1.54) is 6.07 Å². The van der Waals surface area contributed by atoms with Crippen LogP contribution >= 0.6 is 15.9 Å². The van der Waals surface area contributed by atoms with E-state index in [4.69, 9.17) is 4.74 Å². The van der Waals surface area contributed by atoms with Crippen molar-refractivity contribution in [3.8, 4) is 0 Å². The molecule has 1 fully saturated rings. The quantitative estimate of drug-likeness (QED) is 0.906. The Bertz CT molecular complexity index is 370. The van der Waals surface area contributed by atoms with Gasteiger partial charge < -0.3 is 9.84 Å². The summed E-state index contributed by atoms with van der Waals surface area (Å²) in [5, 5.41) is 9.26. The van der Waals surface area contributed by atoms with E-state index in [1.807, 2.05) is 6.07 Å². The van der Waals surface area contributed by atoms with Crippen molar-refractivity contribution in [2.75, 3.05) is 13.2 Å². The standard InChI is InChI=1S/C12H14BrFO2/c13-10-4-3-8(6-11(10)14)12-9(7-15)2-1-5-16-12/h3-4,6,9,12,15H,1-2,5,7H2. The summed E-state index contributed by atoms with van der Waals surface area (Å²) < 4.78 is 19.5. The summed E-state index contributed by atoms with van der Waals surface area (Å²) in [6.45, 7) is 0.765. The molecule has 1 aliphatic heterocycles. The van der Waals surface area contributed by atoms with Gasteiger partial charge in [0.25, 0.3) is 0 Å². The fraction of sp³-hybridized carbons (Fsp3) is 0.500. The van der Waals surface area contributed by atoms with Crippen LogP contribution < -0.4 is 0 Å². The number of aliphatic hydroxyl groups is 1. The maximum atomic E-state index is 13.4. The molecule has 2 rings (SSSR count). The minimum absolute atomic E-state index is 0.0781. The van der Waals surface area contributed by atoms with Gasteiger partial charge in [-0.1, -0.05) is 6.07 Å². The van der Waals surface area contributed by atoms with Crippen molar-refractivity contribution >= 4 is 15.9 Å². The van der Waals surface area contributed by atoms with E-state index in [-0.39, 0.29) is 24.4 Å². The molecule has 1 N–H and O–H groups in total. The van der Waals surface area contributed by atoms with Crippen molar-refractivity contribution in [3.05, 3.63) is 34.1 Å². The molecule has 0 amide bonds. The van der Waals surface area contributed by atoms with Crippen LogP contribution in [0.1, 0.15) is 24.5 Å². The maximum Gasteiger partial charge on any atom is 0.137 e. The van der Waals surface area contributed by atoms with Gasteiger partial charge in [-0.2, -0.15) is 0 Å². The first-order valence-corrected chi connectivity index (χ1v) is 6.19. The zero-order valence-corrected chi connectivity index (χ0v) is 10.4. The molecule has 1 aromatic carbocycles. The summed E-state index contributed by atoms with van der Waals surface area (Å²) in [4.78, 5) is 0. The van der Waals surface area contributed by atoms with Gasteiger partial charge in [0.1, 0.15) is 5.82 Å². The predicted octanol–water partition coefficient (Wildman–Crippen LogP) is 3.05. The molecule has 1 aromatic rings. The van der Waals surface area contributed by atoms with Crippen molar-refractivity contribution in [1.82, 2.24) is 0 Å². The second-order valence-corrected chi connectivity index (χ2v) is 4.90. The monoisotopic (exact) mass is 288 g/mol. The number of ether oxygens (including phenoxy) is 1. The Morgan fingerprint density at radius 2 is 2.31 bits per heavy atom. The number of aliphatic hydroxyl groups excluding tert-OH is 1. The van der Waals surface area contributed by atoms with Gasteiger partial charge in [-0.3, -0.25) is 0 Å². The van der Waals surface area contributed by atoms with Crippen LogP contribution in [0.3, 0.4) is 0 Å². The van der Waals surface area contributed by atoms with Gasteiger partial charge in [0.15, 0.2) is 0 Å². The van der Waals surface area contributed by atoms with Gasteiger partial charge >= 0.3 is 0 Å². The Balaban J connectivity index is 2.23. The minimum Gasteiger partial charge on any atom is -0.396 e. The highest BCUT2D eigenvalue weighted by Crippen LogP contribution is 2.34. The molecule has 0 aliphatic carbocycles. The van der Waals surface area contributed by atoms with Crippen LogP contribution in [0.2, 0.25) is 0 Å². The van der Waals surface area contributed by atoms with Crippen LogP contribution in [0.4, 0.5) is 4.39 Å². The Morgan fingerprint density at radius 1 is 1.50 bits per heavy atom. The summed E-state index contributed by atoms with van der Waals surface area (Å²) in [5.74, 6) is -0.210. The number of hydrogen-bond acceptors (Lipinski definition) is 2. The highest BCUT2D eigenvalue weighted by molar-refractivity contribution is 9.10. The number of benzene rings is 1.